The summed E-state index contributed by atoms with van der Waals surface area (Å²) in [6.45, 7) is 0. The molecule has 6 heteroatoms. The second-order valence-electron chi connectivity index (χ2n) is 5.31. The van der Waals surface area contributed by atoms with Crippen molar-refractivity contribution in [3.8, 4) is 11.1 Å². The molecule has 0 atom stereocenters. The number of nitrogens with zero attached hydrogens (tertiary/aromatic N) is 1. The topological polar surface area (TPSA) is 96.3 Å². The molecule has 0 saturated carbocycles. The van der Waals surface area contributed by atoms with Crippen molar-refractivity contribution in [3.05, 3.63) is 85.1 Å². The van der Waals surface area contributed by atoms with Crippen LogP contribution in [0.1, 0.15) is 0 Å². The van der Waals surface area contributed by atoms with E-state index in [9.17, 15) is 0 Å². The molecular weight excluding hydrogens is 342 g/mol. The monoisotopic (exact) mass is 355 g/mol. The zero-order chi connectivity index (χ0) is 17.9. The molecule has 5 nitrogen and oxygen atoms in total. The first-order chi connectivity index (χ1) is 11.9. The van der Waals surface area contributed by atoms with Crippen molar-refractivity contribution in [2.24, 2.45) is 0 Å². The highest BCUT2D eigenvalue weighted by molar-refractivity contribution is 5.83. The molecule has 0 spiro atoms. The maximum absolute atomic E-state index is 8.49. The van der Waals surface area contributed by atoms with Gasteiger partial charge < -0.3 is 0 Å². The van der Waals surface area contributed by atoms with Gasteiger partial charge in [0.05, 0.1) is 5.56 Å². The van der Waals surface area contributed by atoms with Gasteiger partial charge in [-0.25, -0.2) is 18.6 Å². The molecule has 2 aromatic heterocycles. The van der Waals surface area contributed by atoms with Crippen LogP contribution in [-0.2, 0) is 0 Å². The van der Waals surface area contributed by atoms with Crippen LogP contribution in [0.3, 0.4) is 0 Å². The molecule has 0 aliphatic carbocycles. The summed E-state index contributed by atoms with van der Waals surface area (Å²) in [6.07, 6.45) is 2.13. The molecule has 4 rings (SSSR count). The first-order valence-electron chi connectivity index (χ1n) is 7.43. The van der Waals surface area contributed by atoms with Crippen molar-refractivity contribution in [1.82, 2.24) is 0 Å². The number of benzene rings is 2. The number of rotatable bonds is 1. The molecular formula is C19H14ClNO4. The van der Waals surface area contributed by atoms with E-state index < -0.39 is 10.2 Å². The van der Waals surface area contributed by atoms with Gasteiger partial charge in [-0.3, -0.25) is 0 Å². The van der Waals surface area contributed by atoms with E-state index in [0.29, 0.717) is 0 Å². The quantitative estimate of drug-likeness (QED) is 0.339. The van der Waals surface area contributed by atoms with Crippen molar-refractivity contribution in [2.75, 3.05) is 0 Å². The Morgan fingerprint density at radius 2 is 1.24 bits per heavy atom. The number of pyridine rings is 2. The molecule has 0 N–H and O–H groups in total. The Bertz CT molecular complexity index is 994. The number of halogens is 1. The first-order valence-corrected chi connectivity index (χ1v) is 8.66. The Morgan fingerprint density at radius 3 is 1.96 bits per heavy atom. The molecule has 0 amide bonds. The second kappa shape index (κ2) is 7.14. The van der Waals surface area contributed by atoms with Gasteiger partial charge >= 0.3 is 0 Å². The van der Waals surface area contributed by atoms with Gasteiger partial charge in [-0.2, -0.15) is 4.40 Å². The summed E-state index contributed by atoms with van der Waals surface area (Å²) in [7, 11) is -4.94. The summed E-state index contributed by atoms with van der Waals surface area (Å²) in [4.78, 5) is 0. The first kappa shape index (κ1) is 17.3. The zero-order valence-corrected chi connectivity index (χ0v) is 13.8. The number of aromatic nitrogens is 1. The van der Waals surface area contributed by atoms with Gasteiger partial charge in [-0.15, -0.1) is 10.2 Å². The molecule has 0 bridgehead atoms. The Balaban J connectivity index is 0.000000324. The fraction of sp³-hybridized carbons (Fsp3) is 0. The maximum atomic E-state index is 8.49. The molecule has 0 fully saturated rings. The summed E-state index contributed by atoms with van der Waals surface area (Å²) in [5.41, 5.74) is 4.99. The van der Waals surface area contributed by atoms with Crippen LogP contribution < -0.4 is 23.0 Å². The molecule has 0 unspecified atom stereocenters. The molecule has 0 saturated heterocycles. The molecule has 4 aromatic rings. The highest BCUT2D eigenvalue weighted by Gasteiger charge is 2.12. The molecule has 126 valence electrons. The van der Waals surface area contributed by atoms with Gasteiger partial charge in [0.15, 0.2) is 6.20 Å². The fourth-order valence-electron chi connectivity index (χ4n) is 2.78. The van der Waals surface area contributed by atoms with Crippen LogP contribution in [-0.4, -0.2) is 0 Å². The fourth-order valence-corrected chi connectivity index (χ4v) is 2.78. The normalized spacial score (nSPS) is 11.2. The van der Waals surface area contributed by atoms with E-state index >= 15 is 0 Å². The van der Waals surface area contributed by atoms with E-state index in [1.54, 1.807) is 0 Å². The van der Waals surface area contributed by atoms with Crippen LogP contribution in [0.2, 0.25) is 0 Å². The number of fused-ring (bicyclic) bond motifs is 3. The number of para-hydroxylation sites is 1. The lowest BCUT2D eigenvalue weighted by atomic mass is 10.0. The third-order valence-electron chi connectivity index (χ3n) is 3.74. The smallest absolute Gasteiger partial charge is 0.219 e. The Kier molecular flexibility index (Phi) is 4.94. The minimum Gasteiger partial charge on any atom is -0.222 e. The molecule has 0 aliphatic heterocycles. The van der Waals surface area contributed by atoms with Gasteiger partial charge in [0.25, 0.3) is 0 Å². The summed E-state index contributed by atoms with van der Waals surface area (Å²) >= 11 is 0. The Morgan fingerprint density at radius 1 is 0.600 bits per heavy atom. The zero-order valence-electron chi connectivity index (χ0n) is 13.0. The molecule has 2 aromatic carbocycles. The van der Waals surface area contributed by atoms with Gasteiger partial charge in [0.2, 0.25) is 11.0 Å². The van der Waals surface area contributed by atoms with Crippen LogP contribution in [0.25, 0.3) is 27.5 Å². The summed E-state index contributed by atoms with van der Waals surface area (Å²) in [5, 5.41) is 1.26. The predicted molar refractivity (Wildman–Crippen MR) is 82.5 cm³/mol. The SMILES string of the molecule is [O-][Cl+3]([O-])([O-])[O-].c1ccc(-c2ccc[n+]3c2ccc2ccccc23)cc1. The Hall–Kier alpha value is -2.54. The lowest BCUT2D eigenvalue weighted by Gasteiger charge is -2.17. The van der Waals surface area contributed by atoms with Gasteiger partial charge in [-0.05, 0) is 23.8 Å². The number of hydrogen-bond acceptors (Lipinski definition) is 4. The van der Waals surface area contributed by atoms with E-state index in [1.165, 1.54) is 27.5 Å². The van der Waals surface area contributed by atoms with Crippen molar-refractivity contribution < 1.29 is 33.3 Å². The van der Waals surface area contributed by atoms with Crippen LogP contribution >= 0.6 is 0 Å². The lowest BCUT2D eigenvalue weighted by molar-refractivity contribution is -2.00. The van der Waals surface area contributed by atoms with Crippen LogP contribution in [0.15, 0.2) is 85.1 Å². The molecule has 25 heavy (non-hydrogen) atoms. The average molecular weight is 356 g/mol. The van der Waals surface area contributed by atoms with E-state index in [0.717, 1.165) is 0 Å². The van der Waals surface area contributed by atoms with E-state index in [-0.39, 0.29) is 0 Å². The maximum Gasteiger partial charge on any atom is 0.219 e. The van der Waals surface area contributed by atoms with Gasteiger partial charge in [0.1, 0.15) is 0 Å². The standard InChI is InChI=1S/C19H14N.ClHO4/c1-2-7-15(8-3-1)17-10-6-14-20-18-11-5-4-9-16(18)12-13-19(17)20;2-1(3,4)5/h1-14H;(H,2,3,4,5)/q+1;/p-1. The van der Waals surface area contributed by atoms with E-state index in [1.807, 2.05) is 0 Å². The van der Waals surface area contributed by atoms with Crippen LogP contribution in [0, 0.1) is 10.2 Å². The third-order valence-corrected chi connectivity index (χ3v) is 3.74. The largest absolute Gasteiger partial charge is 0.222 e. The molecule has 2 heterocycles. The number of hydrogen-bond donors (Lipinski definition) is 0. The summed E-state index contributed by atoms with van der Waals surface area (Å²) < 4.78 is 36.2. The van der Waals surface area contributed by atoms with Crippen LogP contribution in [0.5, 0.6) is 0 Å². The highest BCUT2D eigenvalue weighted by Crippen LogP contribution is 2.23. The van der Waals surface area contributed by atoms with E-state index in [2.05, 4.69) is 89.5 Å². The third kappa shape index (κ3) is 4.30. The Labute approximate surface area is 146 Å². The minimum atomic E-state index is -4.94. The van der Waals surface area contributed by atoms with E-state index in [4.69, 9.17) is 18.6 Å². The molecule has 0 radical (unpaired) electrons. The minimum absolute atomic E-state index is 1.23. The lowest BCUT2D eigenvalue weighted by Crippen LogP contribution is -2.68. The van der Waals surface area contributed by atoms with Crippen molar-refractivity contribution >= 4 is 16.4 Å². The van der Waals surface area contributed by atoms with Crippen LogP contribution in [0.4, 0.5) is 0 Å². The van der Waals surface area contributed by atoms with Crippen molar-refractivity contribution in [2.45, 2.75) is 0 Å². The average Bonchev–Trinajstić information content (AvgIpc) is 2.60. The van der Waals surface area contributed by atoms with Gasteiger partial charge in [0, 0.05) is 23.6 Å². The van der Waals surface area contributed by atoms with Crippen molar-refractivity contribution in [3.63, 3.8) is 0 Å². The van der Waals surface area contributed by atoms with Gasteiger partial charge in [-0.1, -0.05) is 42.5 Å². The predicted octanol–water partition coefficient (Wildman–Crippen LogP) is -0.510. The summed E-state index contributed by atoms with van der Waals surface area (Å²) in [5.74, 6) is 0. The summed E-state index contributed by atoms with van der Waals surface area (Å²) in [6, 6.07) is 27.7. The highest BCUT2D eigenvalue weighted by atomic mass is 35.7. The second-order valence-corrected chi connectivity index (χ2v) is 6.07. The van der Waals surface area contributed by atoms with Crippen molar-refractivity contribution in [1.29, 1.82) is 0 Å². The molecule has 0 aliphatic rings.